The molecule has 1 aromatic carbocycles. The minimum Gasteiger partial charge on any atom is -0.496 e. The molecule has 0 fully saturated rings. The molecule has 1 rings (SSSR count). The summed E-state index contributed by atoms with van der Waals surface area (Å²) in [4.78, 5) is 0. The second kappa shape index (κ2) is 7.20. The second-order valence-electron chi connectivity index (χ2n) is 3.59. The van der Waals surface area contributed by atoms with E-state index in [1.165, 1.54) is 5.56 Å². The summed E-state index contributed by atoms with van der Waals surface area (Å²) in [6.07, 6.45) is 0.834. The standard InChI is InChI=1S/C12H17BrO2S/c1-9(5-6-14)16-8-10-7-11(13)3-4-12(10)15-2/h3-4,7,9,14H,5-6,8H2,1-2H3. The lowest BCUT2D eigenvalue weighted by Gasteiger charge is -2.12. The Labute approximate surface area is 110 Å². The summed E-state index contributed by atoms with van der Waals surface area (Å²) >= 11 is 5.29. The van der Waals surface area contributed by atoms with E-state index in [2.05, 4.69) is 28.9 Å². The highest BCUT2D eigenvalue weighted by atomic mass is 79.9. The van der Waals surface area contributed by atoms with Crippen molar-refractivity contribution >= 4 is 27.7 Å². The van der Waals surface area contributed by atoms with Gasteiger partial charge in [0.25, 0.3) is 0 Å². The van der Waals surface area contributed by atoms with E-state index in [0.717, 1.165) is 22.4 Å². The van der Waals surface area contributed by atoms with Gasteiger partial charge in [-0.2, -0.15) is 11.8 Å². The Morgan fingerprint density at radius 3 is 2.88 bits per heavy atom. The maximum Gasteiger partial charge on any atom is 0.122 e. The molecule has 1 atom stereocenters. The molecule has 1 unspecified atom stereocenters. The third-order valence-electron chi connectivity index (χ3n) is 2.30. The molecule has 16 heavy (non-hydrogen) atoms. The molecule has 0 saturated heterocycles. The summed E-state index contributed by atoms with van der Waals surface area (Å²) in [6, 6.07) is 6.03. The molecule has 0 spiro atoms. The molecule has 0 heterocycles. The summed E-state index contributed by atoms with van der Waals surface area (Å²) < 4.78 is 6.38. The van der Waals surface area contributed by atoms with Gasteiger partial charge >= 0.3 is 0 Å². The van der Waals surface area contributed by atoms with Gasteiger partial charge in [0.05, 0.1) is 7.11 Å². The summed E-state index contributed by atoms with van der Waals surface area (Å²) in [6.45, 7) is 2.38. The average molecular weight is 305 g/mol. The quantitative estimate of drug-likeness (QED) is 0.873. The fraction of sp³-hybridized carbons (Fsp3) is 0.500. The minimum atomic E-state index is 0.254. The van der Waals surface area contributed by atoms with E-state index >= 15 is 0 Å². The van der Waals surface area contributed by atoms with Gasteiger partial charge in [0, 0.05) is 27.6 Å². The van der Waals surface area contributed by atoms with Crippen LogP contribution in [0.3, 0.4) is 0 Å². The topological polar surface area (TPSA) is 29.5 Å². The first-order valence-electron chi connectivity index (χ1n) is 5.22. The zero-order chi connectivity index (χ0) is 12.0. The smallest absolute Gasteiger partial charge is 0.122 e. The van der Waals surface area contributed by atoms with Gasteiger partial charge in [-0.15, -0.1) is 0 Å². The van der Waals surface area contributed by atoms with Crippen molar-refractivity contribution in [3.63, 3.8) is 0 Å². The van der Waals surface area contributed by atoms with Crippen molar-refractivity contribution < 1.29 is 9.84 Å². The molecular formula is C12H17BrO2S. The van der Waals surface area contributed by atoms with Crippen LogP contribution in [0.25, 0.3) is 0 Å². The van der Waals surface area contributed by atoms with Gasteiger partial charge in [-0.05, 0) is 24.6 Å². The summed E-state index contributed by atoms with van der Waals surface area (Å²) in [5.74, 6) is 1.83. The van der Waals surface area contributed by atoms with Gasteiger partial charge in [-0.1, -0.05) is 22.9 Å². The van der Waals surface area contributed by atoms with Crippen LogP contribution in [0.15, 0.2) is 22.7 Å². The Bertz CT molecular complexity index is 331. The summed E-state index contributed by atoms with van der Waals surface area (Å²) in [5.41, 5.74) is 1.19. The number of aliphatic hydroxyl groups excluding tert-OH is 1. The van der Waals surface area contributed by atoms with Crippen molar-refractivity contribution in [3.05, 3.63) is 28.2 Å². The van der Waals surface area contributed by atoms with Crippen molar-refractivity contribution in [2.45, 2.75) is 24.3 Å². The van der Waals surface area contributed by atoms with E-state index in [0.29, 0.717) is 5.25 Å². The number of hydrogen-bond acceptors (Lipinski definition) is 3. The highest BCUT2D eigenvalue weighted by Gasteiger charge is 2.07. The average Bonchev–Trinajstić information content (AvgIpc) is 2.27. The molecule has 0 aliphatic heterocycles. The largest absolute Gasteiger partial charge is 0.496 e. The Morgan fingerprint density at radius 1 is 1.50 bits per heavy atom. The number of hydrogen-bond donors (Lipinski definition) is 1. The molecule has 0 bridgehead atoms. The van der Waals surface area contributed by atoms with Crippen LogP contribution in [0.2, 0.25) is 0 Å². The van der Waals surface area contributed by atoms with Crippen LogP contribution in [-0.2, 0) is 5.75 Å². The van der Waals surface area contributed by atoms with Gasteiger partial charge in [-0.25, -0.2) is 0 Å². The fourth-order valence-electron chi connectivity index (χ4n) is 1.36. The van der Waals surface area contributed by atoms with Crippen molar-refractivity contribution in [1.29, 1.82) is 0 Å². The fourth-order valence-corrected chi connectivity index (χ4v) is 2.73. The van der Waals surface area contributed by atoms with E-state index in [-0.39, 0.29) is 6.61 Å². The van der Waals surface area contributed by atoms with Crippen LogP contribution >= 0.6 is 27.7 Å². The first kappa shape index (κ1) is 13.9. The zero-order valence-electron chi connectivity index (χ0n) is 9.57. The number of benzene rings is 1. The first-order chi connectivity index (χ1) is 7.67. The van der Waals surface area contributed by atoms with E-state index in [4.69, 9.17) is 9.84 Å². The number of ether oxygens (including phenoxy) is 1. The Kier molecular flexibility index (Phi) is 6.24. The normalized spacial score (nSPS) is 12.5. The van der Waals surface area contributed by atoms with E-state index in [9.17, 15) is 0 Å². The minimum absolute atomic E-state index is 0.254. The molecular weight excluding hydrogens is 288 g/mol. The van der Waals surface area contributed by atoms with Crippen LogP contribution in [0.1, 0.15) is 18.9 Å². The predicted molar refractivity (Wildman–Crippen MR) is 73.2 cm³/mol. The van der Waals surface area contributed by atoms with Crippen LogP contribution in [0.4, 0.5) is 0 Å². The number of halogens is 1. The van der Waals surface area contributed by atoms with Crippen molar-refractivity contribution in [2.75, 3.05) is 13.7 Å². The predicted octanol–water partition coefficient (Wildman–Crippen LogP) is 3.46. The van der Waals surface area contributed by atoms with Crippen LogP contribution in [0, 0.1) is 0 Å². The van der Waals surface area contributed by atoms with Crippen molar-refractivity contribution in [1.82, 2.24) is 0 Å². The Balaban J connectivity index is 2.61. The molecule has 2 nitrogen and oxygen atoms in total. The number of rotatable bonds is 6. The molecule has 0 aliphatic rings. The molecule has 1 aromatic rings. The molecule has 4 heteroatoms. The number of methoxy groups -OCH3 is 1. The molecule has 1 N–H and O–H groups in total. The van der Waals surface area contributed by atoms with E-state index in [1.807, 2.05) is 23.9 Å². The molecule has 90 valence electrons. The zero-order valence-corrected chi connectivity index (χ0v) is 12.0. The van der Waals surface area contributed by atoms with Gasteiger partial charge in [0.15, 0.2) is 0 Å². The molecule has 0 aromatic heterocycles. The highest BCUT2D eigenvalue weighted by Crippen LogP contribution is 2.28. The monoisotopic (exact) mass is 304 g/mol. The maximum atomic E-state index is 8.83. The maximum absolute atomic E-state index is 8.83. The lowest BCUT2D eigenvalue weighted by Crippen LogP contribution is -2.00. The summed E-state index contributed by atoms with van der Waals surface area (Å²) in [7, 11) is 1.69. The second-order valence-corrected chi connectivity index (χ2v) is 5.93. The van der Waals surface area contributed by atoms with E-state index in [1.54, 1.807) is 7.11 Å². The van der Waals surface area contributed by atoms with Crippen LogP contribution in [0.5, 0.6) is 5.75 Å². The van der Waals surface area contributed by atoms with Crippen LogP contribution < -0.4 is 4.74 Å². The third-order valence-corrected chi connectivity index (χ3v) is 4.08. The van der Waals surface area contributed by atoms with Gasteiger partial charge in [0.2, 0.25) is 0 Å². The van der Waals surface area contributed by atoms with Crippen molar-refractivity contribution in [3.8, 4) is 5.75 Å². The first-order valence-corrected chi connectivity index (χ1v) is 7.06. The van der Waals surface area contributed by atoms with Gasteiger partial charge < -0.3 is 9.84 Å². The SMILES string of the molecule is COc1ccc(Br)cc1CSC(C)CCO. The molecule has 0 radical (unpaired) electrons. The lowest BCUT2D eigenvalue weighted by molar-refractivity contribution is 0.289. The number of thioether (sulfide) groups is 1. The number of aliphatic hydroxyl groups is 1. The lowest BCUT2D eigenvalue weighted by atomic mass is 10.2. The third kappa shape index (κ3) is 4.36. The van der Waals surface area contributed by atoms with Gasteiger partial charge in [0.1, 0.15) is 5.75 Å². The van der Waals surface area contributed by atoms with Crippen molar-refractivity contribution in [2.24, 2.45) is 0 Å². The van der Waals surface area contributed by atoms with E-state index < -0.39 is 0 Å². The van der Waals surface area contributed by atoms with Crippen LogP contribution in [-0.4, -0.2) is 24.1 Å². The highest BCUT2D eigenvalue weighted by molar-refractivity contribution is 9.10. The Morgan fingerprint density at radius 2 is 2.25 bits per heavy atom. The summed E-state index contributed by atoms with van der Waals surface area (Å²) in [5, 5.41) is 9.30. The Hall–Kier alpha value is -0.190. The molecule has 0 aliphatic carbocycles. The molecule has 0 saturated carbocycles. The molecule has 0 amide bonds. The van der Waals surface area contributed by atoms with Gasteiger partial charge in [-0.3, -0.25) is 0 Å².